The standard InChI is InChI=1S/C16H23NO2/c1-12-8-9-13(2)14(11-12)7-6-10-17-15(18)19-16(3,4)5/h6-9,11H,10H2,1-5H3,(H,17,18). The van der Waals surface area contributed by atoms with Gasteiger partial charge < -0.3 is 10.1 Å². The van der Waals surface area contributed by atoms with E-state index in [9.17, 15) is 4.79 Å². The fraction of sp³-hybridized carbons (Fsp3) is 0.438. The number of nitrogens with one attached hydrogen (secondary N) is 1. The highest BCUT2D eigenvalue weighted by Gasteiger charge is 2.14. The van der Waals surface area contributed by atoms with E-state index in [2.05, 4.69) is 37.4 Å². The van der Waals surface area contributed by atoms with Crippen molar-refractivity contribution in [2.75, 3.05) is 6.54 Å². The molecule has 19 heavy (non-hydrogen) atoms. The van der Waals surface area contributed by atoms with Crippen molar-refractivity contribution in [3.8, 4) is 0 Å². The summed E-state index contributed by atoms with van der Waals surface area (Å²) in [7, 11) is 0. The average Bonchev–Trinajstić information content (AvgIpc) is 2.26. The molecule has 1 aromatic rings. The van der Waals surface area contributed by atoms with Crippen LogP contribution >= 0.6 is 0 Å². The Hall–Kier alpha value is -1.77. The first-order valence-electron chi connectivity index (χ1n) is 6.48. The van der Waals surface area contributed by atoms with Gasteiger partial charge in [0.1, 0.15) is 5.60 Å². The third-order valence-electron chi connectivity index (χ3n) is 2.50. The molecule has 3 heteroatoms. The van der Waals surface area contributed by atoms with Gasteiger partial charge in [0, 0.05) is 6.54 Å². The normalized spacial score (nSPS) is 11.6. The number of aryl methyl sites for hydroxylation is 2. The number of ether oxygens (including phenoxy) is 1. The van der Waals surface area contributed by atoms with Crippen LogP contribution in [0, 0.1) is 13.8 Å². The van der Waals surface area contributed by atoms with Crippen molar-refractivity contribution in [1.29, 1.82) is 0 Å². The van der Waals surface area contributed by atoms with Crippen LogP contribution < -0.4 is 5.32 Å². The van der Waals surface area contributed by atoms with E-state index in [1.165, 1.54) is 16.7 Å². The second-order valence-electron chi connectivity index (χ2n) is 5.65. The maximum atomic E-state index is 11.4. The lowest BCUT2D eigenvalue weighted by Gasteiger charge is -2.19. The number of carbonyl (C=O) groups excluding carboxylic acids is 1. The highest BCUT2D eigenvalue weighted by Crippen LogP contribution is 2.12. The third-order valence-corrected chi connectivity index (χ3v) is 2.50. The van der Waals surface area contributed by atoms with Gasteiger partial charge in [-0.2, -0.15) is 0 Å². The molecular weight excluding hydrogens is 238 g/mol. The van der Waals surface area contributed by atoms with Crippen molar-refractivity contribution in [3.63, 3.8) is 0 Å². The Labute approximate surface area is 115 Å². The van der Waals surface area contributed by atoms with Crippen LogP contribution in [-0.4, -0.2) is 18.2 Å². The molecule has 0 unspecified atom stereocenters. The molecule has 0 saturated carbocycles. The predicted octanol–water partition coefficient (Wildman–Crippen LogP) is 3.84. The number of rotatable bonds is 3. The SMILES string of the molecule is Cc1ccc(C)c(C=CCNC(=O)OC(C)(C)C)c1. The molecule has 0 saturated heterocycles. The van der Waals surface area contributed by atoms with E-state index in [-0.39, 0.29) is 0 Å². The van der Waals surface area contributed by atoms with Crippen molar-refractivity contribution < 1.29 is 9.53 Å². The van der Waals surface area contributed by atoms with Crippen LogP contribution in [0.4, 0.5) is 4.79 Å². The second kappa shape index (κ2) is 6.41. The number of carbonyl (C=O) groups is 1. The summed E-state index contributed by atoms with van der Waals surface area (Å²) in [5.41, 5.74) is 3.16. The van der Waals surface area contributed by atoms with E-state index in [1.807, 2.05) is 32.9 Å². The number of hydrogen-bond acceptors (Lipinski definition) is 2. The van der Waals surface area contributed by atoms with E-state index < -0.39 is 11.7 Å². The van der Waals surface area contributed by atoms with Crippen LogP contribution in [0.1, 0.15) is 37.5 Å². The molecule has 0 bridgehead atoms. The van der Waals surface area contributed by atoms with E-state index in [0.29, 0.717) is 6.54 Å². The van der Waals surface area contributed by atoms with E-state index in [4.69, 9.17) is 4.74 Å². The van der Waals surface area contributed by atoms with Crippen LogP contribution in [0.2, 0.25) is 0 Å². The first-order valence-corrected chi connectivity index (χ1v) is 6.48. The molecule has 3 nitrogen and oxygen atoms in total. The molecule has 0 radical (unpaired) electrons. The molecular formula is C16H23NO2. The lowest BCUT2D eigenvalue weighted by Crippen LogP contribution is -2.32. The fourth-order valence-electron chi connectivity index (χ4n) is 1.58. The average molecular weight is 261 g/mol. The molecule has 1 amide bonds. The van der Waals surface area contributed by atoms with E-state index >= 15 is 0 Å². The quantitative estimate of drug-likeness (QED) is 0.897. The monoisotopic (exact) mass is 261 g/mol. The van der Waals surface area contributed by atoms with Gasteiger partial charge in [-0.25, -0.2) is 4.79 Å². The van der Waals surface area contributed by atoms with Crippen molar-refractivity contribution in [2.45, 2.75) is 40.2 Å². The molecule has 0 aromatic heterocycles. The van der Waals surface area contributed by atoms with Crippen LogP contribution in [0.15, 0.2) is 24.3 Å². The largest absolute Gasteiger partial charge is 0.444 e. The van der Waals surface area contributed by atoms with Gasteiger partial charge in [0.15, 0.2) is 0 Å². The molecule has 0 fully saturated rings. The lowest BCUT2D eigenvalue weighted by molar-refractivity contribution is 0.0534. The Bertz CT molecular complexity index is 470. The van der Waals surface area contributed by atoms with Gasteiger partial charge in [-0.1, -0.05) is 35.9 Å². The third kappa shape index (κ3) is 6.09. The van der Waals surface area contributed by atoms with Gasteiger partial charge in [0.25, 0.3) is 0 Å². The van der Waals surface area contributed by atoms with Crippen LogP contribution in [-0.2, 0) is 4.74 Å². The first kappa shape index (κ1) is 15.3. The zero-order valence-electron chi connectivity index (χ0n) is 12.4. The minimum Gasteiger partial charge on any atom is -0.444 e. The topological polar surface area (TPSA) is 38.3 Å². The van der Waals surface area contributed by atoms with Crippen molar-refractivity contribution in [2.24, 2.45) is 0 Å². The summed E-state index contributed by atoms with van der Waals surface area (Å²) < 4.78 is 5.15. The van der Waals surface area contributed by atoms with E-state index in [0.717, 1.165) is 0 Å². The van der Waals surface area contributed by atoms with Gasteiger partial charge in [-0.3, -0.25) is 0 Å². The first-order chi connectivity index (χ1) is 8.78. The summed E-state index contributed by atoms with van der Waals surface area (Å²) in [5.74, 6) is 0. The molecule has 1 N–H and O–H groups in total. The number of hydrogen-bond donors (Lipinski definition) is 1. The Morgan fingerprint density at radius 2 is 2.00 bits per heavy atom. The molecule has 0 aliphatic carbocycles. The van der Waals surface area contributed by atoms with Crippen LogP contribution in [0.3, 0.4) is 0 Å². The van der Waals surface area contributed by atoms with Gasteiger partial charge in [0.05, 0.1) is 0 Å². The highest BCUT2D eigenvalue weighted by molar-refractivity contribution is 5.68. The van der Waals surface area contributed by atoms with Crippen LogP contribution in [0.5, 0.6) is 0 Å². The minimum absolute atomic E-state index is 0.391. The smallest absolute Gasteiger partial charge is 0.407 e. The lowest BCUT2D eigenvalue weighted by atomic mass is 10.1. The molecule has 1 rings (SSSR count). The molecule has 0 aliphatic heterocycles. The van der Waals surface area contributed by atoms with Crippen molar-refractivity contribution in [3.05, 3.63) is 41.0 Å². The predicted molar refractivity (Wildman–Crippen MR) is 79.2 cm³/mol. The Morgan fingerprint density at radius 1 is 1.32 bits per heavy atom. The summed E-state index contributed by atoms with van der Waals surface area (Å²) in [6.45, 7) is 10.1. The van der Waals surface area contributed by atoms with Gasteiger partial charge in [0.2, 0.25) is 0 Å². The van der Waals surface area contributed by atoms with Gasteiger partial charge >= 0.3 is 6.09 Å². The summed E-state index contributed by atoms with van der Waals surface area (Å²) in [6.07, 6.45) is 3.55. The molecule has 0 atom stereocenters. The molecule has 0 spiro atoms. The van der Waals surface area contributed by atoms with Crippen molar-refractivity contribution >= 4 is 12.2 Å². The second-order valence-corrected chi connectivity index (χ2v) is 5.65. The van der Waals surface area contributed by atoms with Gasteiger partial charge in [-0.05, 0) is 45.7 Å². The van der Waals surface area contributed by atoms with Crippen molar-refractivity contribution in [1.82, 2.24) is 5.32 Å². The molecule has 104 valence electrons. The van der Waals surface area contributed by atoms with Crippen LogP contribution in [0.25, 0.3) is 6.08 Å². The molecule has 0 aliphatic rings. The number of amides is 1. The number of benzene rings is 1. The Balaban J connectivity index is 2.47. The molecule has 1 aromatic carbocycles. The zero-order valence-corrected chi connectivity index (χ0v) is 12.4. The summed E-state index contributed by atoms with van der Waals surface area (Å²) in [5, 5.41) is 2.70. The Morgan fingerprint density at radius 3 is 2.63 bits per heavy atom. The number of alkyl carbamates (subject to hydrolysis) is 1. The highest BCUT2D eigenvalue weighted by atomic mass is 16.6. The maximum Gasteiger partial charge on any atom is 0.407 e. The molecule has 0 heterocycles. The maximum absolute atomic E-state index is 11.4. The zero-order chi connectivity index (χ0) is 14.5. The Kier molecular flexibility index (Phi) is 5.16. The summed E-state index contributed by atoms with van der Waals surface area (Å²) in [6, 6.07) is 6.31. The summed E-state index contributed by atoms with van der Waals surface area (Å²) >= 11 is 0. The van der Waals surface area contributed by atoms with E-state index in [1.54, 1.807) is 0 Å². The fourth-order valence-corrected chi connectivity index (χ4v) is 1.58. The minimum atomic E-state index is -0.457. The summed E-state index contributed by atoms with van der Waals surface area (Å²) in [4.78, 5) is 11.4. The van der Waals surface area contributed by atoms with Gasteiger partial charge in [-0.15, -0.1) is 0 Å².